The lowest BCUT2D eigenvalue weighted by Gasteiger charge is -2.14. The van der Waals surface area contributed by atoms with Crippen LogP contribution in [0.1, 0.15) is 42.1 Å². The molecule has 0 fully saturated rings. The summed E-state index contributed by atoms with van der Waals surface area (Å²) in [6.07, 6.45) is 2.13. The normalized spacial score (nSPS) is 11.9. The van der Waals surface area contributed by atoms with Crippen molar-refractivity contribution in [3.8, 4) is 0 Å². The van der Waals surface area contributed by atoms with Crippen LogP contribution in [0.15, 0.2) is 22.7 Å². The number of amides is 1. The van der Waals surface area contributed by atoms with E-state index in [1.807, 2.05) is 13.8 Å². The van der Waals surface area contributed by atoms with E-state index in [1.165, 1.54) is 0 Å². The number of aliphatic carboxylic acids is 1. The number of unbranched alkanes of at least 4 members (excludes halogenated alkanes) is 1. The van der Waals surface area contributed by atoms with Crippen LogP contribution in [-0.2, 0) is 4.79 Å². The van der Waals surface area contributed by atoms with Gasteiger partial charge < -0.3 is 10.4 Å². The highest BCUT2D eigenvalue weighted by atomic mass is 79.9. The molecular weight excluding hydrogens is 310 g/mol. The van der Waals surface area contributed by atoms with Crippen molar-refractivity contribution in [3.63, 3.8) is 0 Å². The van der Waals surface area contributed by atoms with E-state index in [4.69, 9.17) is 5.11 Å². The second-order valence-corrected chi connectivity index (χ2v) is 5.32. The molecule has 2 N–H and O–H groups in total. The lowest BCUT2D eigenvalue weighted by molar-refractivity contribution is -0.139. The fourth-order valence-electron chi connectivity index (χ4n) is 1.69. The molecular formula is C14H18BrNO3. The standard InChI is InChI=1S/C14H18BrNO3/c1-3-4-5-12(14(18)19)16-13(17)10-6-7-11(15)9(2)8-10/h6-8,12H,3-5H2,1-2H3,(H,16,17)(H,18,19)/t12-/m0/s1. The van der Waals surface area contributed by atoms with Crippen molar-refractivity contribution in [2.24, 2.45) is 0 Å². The summed E-state index contributed by atoms with van der Waals surface area (Å²) >= 11 is 3.36. The largest absolute Gasteiger partial charge is 0.480 e. The van der Waals surface area contributed by atoms with Crippen molar-refractivity contribution in [2.45, 2.75) is 39.2 Å². The number of nitrogens with one attached hydrogen (secondary N) is 1. The Bertz CT molecular complexity index is 474. The van der Waals surface area contributed by atoms with Crippen LogP contribution in [-0.4, -0.2) is 23.0 Å². The van der Waals surface area contributed by atoms with Crippen LogP contribution in [0, 0.1) is 6.92 Å². The van der Waals surface area contributed by atoms with Crippen molar-refractivity contribution in [3.05, 3.63) is 33.8 Å². The summed E-state index contributed by atoms with van der Waals surface area (Å²) in [7, 11) is 0. The molecule has 0 saturated carbocycles. The Morgan fingerprint density at radius 3 is 2.63 bits per heavy atom. The van der Waals surface area contributed by atoms with Gasteiger partial charge in [-0.05, 0) is 37.1 Å². The third-order valence-corrected chi connectivity index (χ3v) is 3.76. The number of halogens is 1. The molecule has 0 heterocycles. The third-order valence-electron chi connectivity index (χ3n) is 2.87. The SMILES string of the molecule is CCCC[C@H](NC(=O)c1ccc(Br)c(C)c1)C(=O)O. The van der Waals surface area contributed by atoms with E-state index in [0.717, 1.165) is 22.9 Å². The minimum Gasteiger partial charge on any atom is -0.480 e. The van der Waals surface area contributed by atoms with Crippen LogP contribution in [0.3, 0.4) is 0 Å². The first kappa shape index (κ1) is 15.7. The van der Waals surface area contributed by atoms with E-state index in [1.54, 1.807) is 18.2 Å². The highest BCUT2D eigenvalue weighted by Crippen LogP contribution is 2.17. The average Bonchev–Trinajstić information content (AvgIpc) is 2.37. The number of carbonyl (C=O) groups is 2. The first-order valence-corrected chi connectivity index (χ1v) is 7.04. The van der Waals surface area contributed by atoms with Gasteiger partial charge in [0.05, 0.1) is 0 Å². The van der Waals surface area contributed by atoms with Gasteiger partial charge in [-0.3, -0.25) is 4.79 Å². The Kier molecular flexibility index (Phi) is 6.02. The molecule has 0 unspecified atom stereocenters. The number of carbonyl (C=O) groups excluding carboxylic acids is 1. The summed E-state index contributed by atoms with van der Waals surface area (Å²) in [6, 6.07) is 4.37. The van der Waals surface area contributed by atoms with Gasteiger partial charge in [0.15, 0.2) is 0 Å². The molecule has 0 aliphatic carbocycles. The van der Waals surface area contributed by atoms with Crippen LogP contribution in [0.2, 0.25) is 0 Å². The van der Waals surface area contributed by atoms with E-state index in [-0.39, 0.29) is 5.91 Å². The number of hydrogen-bond donors (Lipinski definition) is 2. The number of carboxylic acids is 1. The highest BCUT2D eigenvalue weighted by Gasteiger charge is 2.20. The molecule has 19 heavy (non-hydrogen) atoms. The van der Waals surface area contributed by atoms with Crippen LogP contribution in [0.25, 0.3) is 0 Å². The predicted octanol–water partition coefficient (Wildman–Crippen LogP) is 3.13. The molecule has 0 radical (unpaired) electrons. The number of benzene rings is 1. The maximum atomic E-state index is 12.0. The summed E-state index contributed by atoms with van der Waals surface area (Å²) in [5.41, 5.74) is 1.41. The Labute approximate surface area is 121 Å². The molecule has 1 amide bonds. The van der Waals surface area contributed by atoms with Gasteiger partial charge in [0.1, 0.15) is 6.04 Å². The second-order valence-electron chi connectivity index (χ2n) is 4.47. The van der Waals surface area contributed by atoms with Crippen molar-refractivity contribution < 1.29 is 14.7 Å². The molecule has 5 heteroatoms. The minimum absolute atomic E-state index is 0.348. The number of carboxylic acid groups (broad SMARTS) is 1. The van der Waals surface area contributed by atoms with Crippen molar-refractivity contribution >= 4 is 27.8 Å². The van der Waals surface area contributed by atoms with Crippen LogP contribution >= 0.6 is 15.9 Å². The Hall–Kier alpha value is -1.36. The zero-order valence-electron chi connectivity index (χ0n) is 11.1. The predicted molar refractivity (Wildman–Crippen MR) is 77.3 cm³/mol. The molecule has 1 atom stereocenters. The van der Waals surface area contributed by atoms with Gasteiger partial charge in [0.25, 0.3) is 5.91 Å². The average molecular weight is 328 g/mol. The van der Waals surface area contributed by atoms with Crippen LogP contribution in [0.4, 0.5) is 0 Å². The van der Waals surface area contributed by atoms with Crippen molar-refractivity contribution in [1.82, 2.24) is 5.32 Å². The van der Waals surface area contributed by atoms with Gasteiger partial charge in [0, 0.05) is 10.0 Å². The molecule has 0 bridgehead atoms. The Balaban J connectivity index is 2.75. The molecule has 0 aliphatic heterocycles. The number of rotatable bonds is 6. The third kappa shape index (κ3) is 4.67. The monoisotopic (exact) mass is 327 g/mol. The van der Waals surface area contributed by atoms with E-state index in [9.17, 15) is 9.59 Å². The second kappa shape index (κ2) is 7.28. The molecule has 1 aromatic rings. The van der Waals surface area contributed by atoms with Crippen molar-refractivity contribution in [2.75, 3.05) is 0 Å². The molecule has 104 valence electrons. The lowest BCUT2D eigenvalue weighted by Crippen LogP contribution is -2.40. The summed E-state index contributed by atoms with van der Waals surface area (Å²) in [5.74, 6) is -1.34. The van der Waals surface area contributed by atoms with E-state index in [2.05, 4.69) is 21.2 Å². The zero-order chi connectivity index (χ0) is 14.4. The summed E-state index contributed by atoms with van der Waals surface area (Å²) in [5, 5.41) is 11.6. The maximum absolute atomic E-state index is 12.0. The number of aryl methyl sites for hydroxylation is 1. The quantitative estimate of drug-likeness (QED) is 0.843. The first-order valence-electron chi connectivity index (χ1n) is 6.25. The van der Waals surface area contributed by atoms with Gasteiger partial charge in [-0.15, -0.1) is 0 Å². The van der Waals surface area contributed by atoms with Crippen molar-refractivity contribution in [1.29, 1.82) is 0 Å². The summed E-state index contributed by atoms with van der Waals surface area (Å²) < 4.78 is 0.921. The molecule has 4 nitrogen and oxygen atoms in total. The zero-order valence-corrected chi connectivity index (χ0v) is 12.7. The topological polar surface area (TPSA) is 66.4 Å². The molecule has 0 aliphatic rings. The van der Waals surface area contributed by atoms with Gasteiger partial charge in [-0.1, -0.05) is 35.7 Å². The lowest BCUT2D eigenvalue weighted by atomic mass is 10.1. The molecule has 0 aromatic heterocycles. The number of hydrogen-bond acceptors (Lipinski definition) is 2. The fourth-order valence-corrected chi connectivity index (χ4v) is 1.94. The highest BCUT2D eigenvalue weighted by molar-refractivity contribution is 9.10. The minimum atomic E-state index is -0.990. The Morgan fingerprint density at radius 2 is 2.11 bits per heavy atom. The van der Waals surface area contributed by atoms with Gasteiger partial charge in [-0.2, -0.15) is 0 Å². The maximum Gasteiger partial charge on any atom is 0.326 e. The van der Waals surface area contributed by atoms with Gasteiger partial charge in [-0.25, -0.2) is 4.79 Å². The molecule has 1 rings (SSSR count). The smallest absolute Gasteiger partial charge is 0.326 e. The Morgan fingerprint density at radius 1 is 1.42 bits per heavy atom. The first-order chi connectivity index (χ1) is 8.95. The molecule has 1 aromatic carbocycles. The van der Waals surface area contributed by atoms with Gasteiger partial charge >= 0.3 is 5.97 Å². The van der Waals surface area contributed by atoms with Gasteiger partial charge in [0.2, 0.25) is 0 Å². The summed E-state index contributed by atoms with van der Waals surface area (Å²) in [6.45, 7) is 3.87. The van der Waals surface area contributed by atoms with Crippen LogP contribution < -0.4 is 5.32 Å². The van der Waals surface area contributed by atoms with Crippen LogP contribution in [0.5, 0.6) is 0 Å². The molecule has 0 spiro atoms. The summed E-state index contributed by atoms with van der Waals surface area (Å²) in [4.78, 5) is 23.1. The molecule has 0 saturated heterocycles. The van der Waals surface area contributed by atoms with E-state index >= 15 is 0 Å². The fraction of sp³-hybridized carbons (Fsp3) is 0.429. The van der Waals surface area contributed by atoms with E-state index < -0.39 is 12.0 Å². The van der Waals surface area contributed by atoms with E-state index in [0.29, 0.717) is 12.0 Å².